The van der Waals surface area contributed by atoms with E-state index in [4.69, 9.17) is 0 Å². The highest BCUT2D eigenvalue weighted by atomic mass is 31.0. The van der Waals surface area contributed by atoms with E-state index >= 15 is 0 Å². The van der Waals surface area contributed by atoms with Crippen LogP contribution in [0.4, 0.5) is 0 Å². The van der Waals surface area contributed by atoms with E-state index in [1.54, 1.807) is 0 Å². The maximum atomic E-state index is 2.70. The van der Waals surface area contributed by atoms with Gasteiger partial charge < -0.3 is 0 Å². The number of hydrogen-bond acceptors (Lipinski definition) is 0. The molecule has 2 atom stereocenters. The standard InChI is InChI=1S/C4H11P.CH5P/c1-2-3-4-5;1-2/h2-5H2,1H3;2H2,1H3. The molecule has 0 rings (SSSR count). The van der Waals surface area contributed by atoms with Gasteiger partial charge >= 0.3 is 0 Å². The summed E-state index contributed by atoms with van der Waals surface area (Å²) in [6.45, 7) is 4.12. The quantitative estimate of drug-likeness (QED) is 0.513. The van der Waals surface area contributed by atoms with E-state index in [1.165, 1.54) is 19.0 Å². The zero-order valence-corrected chi connectivity index (χ0v) is 7.59. The van der Waals surface area contributed by atoms with Crippen molar-refractivity contribution < 1.29 is 0 Å². The smallest absolute Gasteiger partial charge is 0.0381 e. The van der Waals surface area contributed by atoms with Gasteiger partial charge in [0.05, 0.1) is 0 Å². The van der Waals surface area contributed by atoms with Gasteiger partial charge in [0.2, 0.25) is 0 Å². The van der Waals surface area contributed by atoms with Crippen molar-refractivity contribution >= 4 is 18.5 Å². The fraction of sp³-hybridized carbons (Fsp3) is 1.00. The van der Waals surface area contributed by atoms with E-state index in [1.807, 2.05) is 6.66 Å². The SMILES string of the molecule is CCCCP.CP. The molecule has 0 saturated carbocycles. The van der Waals surface area contributed by atoms with E-state index in [9.17, 15) is 0 Å². The van der Waals surface area contributed by atoms with Crippen molar-refractivity contribution in [1.82, 2.24) is 0 Å². The van der Waals surface area contributed by atoms with Gasteiger partial charge in [0.1, 0.15) is 0 Å². The van der Waals surface area contributed by atoms with Crippen molar-refractivity contribution in [3.05, 3.63) is 0 Å². The van der Waals surface area contributed by atoms with Gasteiger partial charge in [0, 0.05) is 0 Å². The number of hydrogen-bond donors (Lipinski definition) is 0. The molecule has 0 aliphatic heterocycles. The summed E-state index contributed by atoms with van der Waals surface area (Å²) in [4.78, 5) is 0. The first-order chi connectivity index (χ1) is 3.41. The van der Waals surface area contributed by atoms with E-state index in [0.717, 1.165) is 0 Å². The summed E-state index contributed by atoms with van der Waals surface area (Å²) in [5.41, 5.74) is 0. The van der Waals surface area contributed by atoms with Crippen LogP contribution in [0.5, 0.6) is 0 Å². The van der Waals surface area contributed by atoms with E-state index in [0.29, 0.717) is 0 Å². The molecule has 0 nitrogen and oxygen atoms in total. The Morgan fingerprint density at radius 1 is 1.29 bits per heavy atom. The third kappa shape index (κ3) is 19.8. The van der Waals surface area contributed by atoms with Gasteiger partial charge in [-0.25, -0.2) is 0 Å². The molecule has 0 heterocycles. The minimum atomic E-state index is 1.26. The molecule has 0 spiro atoms. The van der Waals surface area contributed by atoms with Crippen LogP contribution < -0.4 is 0 Å². The van der Waals surface area contributed by atoms with Gasteiger partial charge in [0.15, 0.2) is 0 Å². The highest BCUT2D eigenvalue weighted by molar-refractivity contribution is 7.16. The van der Waals surface area contributed by atoms with Gasteiger partial charge in [-0.05, 0) is 6.16 Å². The molecule has 0 fully saturated rings. The van der Waals surface area contributed by atoms with Crippen LogP contribution in [0.15, 0.2) is 0 Å². The van der Waals surface area contributed by atoms with E-state index in [-0.39, 0.29) is 0 Å². The van der Waals surface area contributed by atoms with Crippen LogP contribution in [-0.4, -0.2) is 12.8 Å². The fourth-order valence-corrected chi connectivity index (χ4v) is 0.612. The van der Waals surface area contributed by atoms with Gasteiger partial charge in [-0.2, -0.15) is 0 Å². The normalized spacial score (nSPS) is 6.86. The third-order valence-electron chi connectivity index (χ3n) is 0.558. The summed E-state index contributed by atoms with van der Waals surface area (Å²) in [6.07, 6.45) is 3.94. The van der Waals surface area contributed by atoms with Crippen LogP contribution in [0.25, 0.3) is 0 Å². The van der Waals surface area contributed by atoms with Crippen LogP contribution >= 0.6 is 18.5 Å². The Balaban J connectivity index is 0. The van der Waals surface area contributed by atoms with Crippen molar-refractivity contribution in [3.63, 3.8) is 0 Å². The summed E-state index contributed by atoms with van der Waals surface area (Å²) in [6, 6.07) is 0. The van der Waals surface area contributed by atoms with Gasteiger partial charge in [0.25, 0.3) is 0 Å². The van der Waals surface area contributed by atoms with Crippen LogP contribution in [0.2, 0.25) is 0 Å². The Bertz CT molecular complexity index is 13.6. The molecule has 0 aliphatic rings. The predicted molar refractivity (Wildman–Crippen MR) is 45.1 cm³/mol. The molecule has 2 unspecified atom stereocenters. The molecule has 0 amide bonds. The second kappa shape index (κ2) is 15.8. The highest BCUT2D eigenvalue weighted by Crippen LogP contribution is 1.89. The monoisotopic (exact) mass is 138 g/mol. The molecule has 0 aliphatic carbocycles. The Morgan fingerprint density at radius 2 is 1.71 bits per heavy atom. The molecule has 46 valence electrons. The predicted octanol–water partition coefficient (Wildman–Crippen LogP) is 2.15. The molecular weight excluding hydrogens is 122 g/mol. The Morgan fingerprint density at radius 3 is 1.71 bits per heavy atom. The highest BCUT2D eigenvalue weighted by Gasteiger charge is 1.68. The summed E-state index contributed by atoms with van der Waals surface area (Å²) in [5, 5.41) is 0. The summed E-state index contributed by atoms with van der Waals surface area (Å²) >= 11 is 0. The first-order valence-electron chi connectivity index (χ1n) is 2.69. The van der Waals surface area contributed by atoms with Crippen LogP contribution in [-0.2, 0) is 0 Å². The lowest BCUT2D eigenvalue weighted by Crippen LogP contribution is -1.64. The van der Waals surface area contributed by atoms with Crippen molar-refractivity contribution in [2.75, 3.05) is 12.8 Å². The van der Waals surface area contributed by atoms with Crippen LogP contribution in [0, 0.1) is 0 Å². The van der Waals surface area contributed by atoms with Crippen molar-refractivity contribution in [3.8, 4) is 0 Å². The summed E-state index contributed by atoms with van der Waals surface area (Å²) in [7, 11) is 5.12. The largest absolute Gasteiger partial charge is 0.141 e. The first kappa shape index (κ1) is 10.8. The average molecular weight is 138 g/mol. The second-order valence-corrected chi connectivity index (χ2v) is 1.72. The summed E-state index contributed by atoms with van der Waals surface area (Å²) in [5.74, 6) is 0. The lowest BCUT2D eigenvalue weighted by Gasteiger charge is -1.79. The molecule has 0 aromatic rings. The van der Waals surface area contributed by atoms with Gasteiger partial charge in [-0.1, -0.05) is 26.4 Å². The average Bonchev–Trinajstić information content (AvgIpc) is 1.75. The fourth-order valence-electron chi connectivity index (χ4n) is 0.204. The molecule has 0 bridgehead atoms. The van der Waals surface area contributed by atoms with Crippen molar-refractivity contribution in [1.29, 1.82) is 0 Å². The Kier molecular flexibility index (Phi) is 24.3. The van der Waals surface area contributed by atoms with Crippen LogP contribution in [0.3, 0.4) is 0 Å². The third-order valence-corrected chi connectivity index (χ3v) is 0.966. The number of rotatable bonds is 2. The van der Waals surface area contributed by atoms with Crippen molar-refractivity contribution in [2.45, 2.75) is 19.8 Å². The summed E-state index contributed by atoms with van der Waals surface area (Å²) < 4.78 is 0. The zero-order chi connectivity index (χ0) is 6.12. The molecule has 0 N–H and O–H groups in total. The molecule has 0 aromatic carbocycles. The van der Waals surface area contributed by atoms with Crippen molar-refractivity contribution in [2.24, 2.45) is 0 Å². The molecule has 0 aromatic heterocycles. The maximum absolute atomic E-state index is 2.70. The van der Waals surface area contributed by atoms with Gasteiger partial charge in [-0.15, -0.1) is 18.5 Å². The minimum Gasteiger partial charge on any atom is -0.141 e. The van der Waals surface area contributed by atoms with Gasteiger partial charge in [-0.3, -0.25) is 0 Å². The molecular formula is C5H16P2. The first-order valence-corrected chi connectivity index (χ1v) is 4.66. The molecule has 7 heavy (non-hydrogen) atoms. The second-order valence-electron chi connectivity index (χ2n) is 1.14. The number of unbranched alkanes of at least 4 members (excludes halogenated alkanes) is 1. The lowest BCUT2D eigenvalue weighted by molar-refractivity contribution is 0.897. The molecule has 2 heteroatoms. The Labute approximate surface area is 51.9 Å². The molecule has 0 radical (unpaired) electrons. The van der Waals surface area contributed by atoms with E-state index in [2.05, 4.69) is 25.4 Å². The Hall–Kier alpha value is 0.860. The van der Waals surface area contributed by atoms with E-state index < -0.39 is 0 Å². The topological polar surface area (TPSA) is 0 Å². The molecule has 0 saturated heterocycles. The minimum absolute atomic E-state index is 1.26. The maximum Gasteiger partial charge on any atom is -0.0381 e. The zero-order valence-electron chi connectivity index (χ0n) is 5.28. The lowest BCUT2D eigenvalue weighted by atomic mass is 10.4. The van der Waals surface area contributed by atoms with Crippen LogP contribution in [0.1, 0.15) is 19.8 Å².